The van der Waals surface area contributed by atoms with E-state index < -0.39 is 6.09 Å². The summed E-state index contributed by atoms with van der Waals surface area (Å²) in [5.41, 5.74) is 1.64. The maximum atomic E-state index is 11.7. The highest BCUT2D eigenvalue weighted by Crippen LogP contribution is 2.30. The highest BCUT2D eigenvalue weighted by Gasteiger charge is 2.19. The number of H-pyrrole nitrogens is 1. The summed E-state index contributed by atoms with van der Waals surface area (Å²) >= 11 is 1.57. The second-order valence-corrected chi connectivity index (χ2v) is 7.86. The number of methoxy groups -OCH3 is 1. The molecule has 0 saturated heterocycles. The number of aromatic nitrogens is 4. The number of nitrogens with one attached hydrogen (secondary N) is 3. The maximum absolute atomic E-state index is 11.7. The molecule has 3 N–H and O–H groups in total. The number of anilines is 2. The second kappa shape index (κ2) is 9.58. The van der Waals surface area contributed by atoms with Crippen molar-refractivity contribution in [3.05, 3.63) is 60.4 Å². The number of aromatic amines is 1. The van der Waals surface area contributed by atoms with E-state index in [1.165, 1.54) is 0 Å². The minimum Gasteiger partial charge on any atom is -0.447 e. The normalized spacial score (nSPS) is 12.8. The van der Waals surface area contributed by atoms with Crippen molar-refractivity contribution in [3.63, 3.8) is 0 Å². The zero-order chi connectivity index (χ0) is 21.6. The van der Waals surface area contributed by atoms with Gasteiger partial charge in [0.1, 0.15) is 18.3 Å². The summed E-state index contributed by atoms with van der Waals surface area (Å²) in [7, 11) is 1.56. The smallest absolute Gasteiger partial charge is 0.411 e. The Labute approximate surface area is 183 Å². The first-order valence-corrected chi connectivity index (χ1v) is 10.4. The largest absolute Gasteiger partial charge is 0.447 e. The van der Waals surface area contributed by atoms with Crippen molar-refractivity contribution in [1.29, 1.82) is 0 Å². The maximum Gasteiger partial charge on any atom is 0.411 e. The van der Waals surface area contributed by atoms with Crippen molar-refractivity contribution in [2.24, 2.45) is 0 Å². The molecule has 0 saturated carbocycles. The van der Waals surface area contributed by atoms with Gasteiger partial charge in [0, 0.05) is 41.8 Å². The molecule has 2 aromatic heterocycles. The van der Waals surface area contributed by atoms with Gasteiger partial charge in [-0.25, -0.2) is 9.78 Å². The van der Waals surface area contributed by atoms with Crippen molar-refractivity contribution < 1.29 is 14.3 Å². The number of amides is 1. The van der Waals surface area contributed by atoms with Gasteiger partial charge in [-0.2, -0.15) is 5.10 Å². The number of hydrogen-bond donors (Lipinski definition) is 3. The van der Waals surface area contributed by atoms with E-state index in [1.807, 2.05) is 54.2 Å². The van der Waals surface area contributed by atoms with E-state index in [4.69, 9.17) is 9.47 Å². The molecular weight excluding hydrogens is 418 g/mol. The van der Waals surface area contributed by atoms with Crippen LogP contribution in [0.1, 0.15) is 11.5 Å². The first kappa shape index (κ1) is 20.8. The average Bonchev–Trinajstić information content (AvgIpc) is 3.38. The molecule has 1 aromatic carbocycles. The molecule has 11 heteroatoms. The summed E-state index contributed by atoms with van der Waals surface area (Å²) in [6, 6.07) is 9.49. The van der Waals surface area contributed by atoms with E-state index in [9.17, 15) is 4.79 Å². The molecule has 162 valence electrons. The van der Waals surface area contributed by atoms with Gasteiger partial charge in [-0.05, 0) is 43.1 Å². The Morgan fingerprint density at radius 3 is 2.87 bits per heavy atom. The molecule has 3 heterocycles. The molecule has 0 unspecified atom stereocenters. The molecule has 0 bridgehead atoms. The van der Waals surface area contributed by atoms with Gasteiger partial charge >= 0.3 is 6.09 Å². The van der Waals surface area contributed by atoms with Crippen LogP contribution in [0.2, 0.25) is 0 Å². The van der Waals surface area contributed by atoms with Crippen LogP contribution in [0.25, 0.3) is 5.82 Å². The zero-order valence-corrected chi connectivity index (χ0v) is 18.0. The van der Waals surface area contributed by atoms with E-state index in [2.05, 4.69) is 30.1 Å². The van der Waals surface area contributed by atoms with Crippen molar-refractivity contribution in [1.82, 2.24) is 24.1 Å². The second-order valence-electron chi connectivity index (χ2n) is 6.73. The van der Waals surface area contributed by atoms with Gasteiger partial charge in [0.2, 0.25) is 0 Å². The van der Waals surface area contributed by atoms with Crippen LogP contribution in [0, 0.1) is 6.92 Å². The summed E-state index contributed by atoms with van der Waals surface area (Å²) in [5, 5.41) is 13.2. The number of carbonyl (C=O) groups is 1. The molecular formula is C20H23N7O3S. The fourth-order valence-electron chi connectivity index (χ4n) is 2.92. The lowest BCUT2D eigenvalue weighted by Crippen LogP contribution is -2.23. The highest BCUT2D eigenvalue weighted by atomic mass is 32.2. The Kier molecular flexibility index (Phi) is 6.43. The lowest BCUT2D eigenvalue weighted by Gasteiger charge is -2.26. The number of nitrogens with zero attached hydrogens (tertiary/aromatic N) is 4. The molecule has 31 heavy (non-hydrogen) atoms. The van der Waals surface area contributed by atoms with Crippen LogP contribution >= 0.6 is 11.9 Å². The zero-order valence-electron chi connectivity index (χ0n) is 17.2. The standard InChI is InChI=1S/C20H23N7O3S/c1-14-11-17(25-24-14)23-19-13-26(12-18-21-7-8-27(18)19)31-16-5-3-15(4-6-16)22-20(28)30-10-9-29-2/h3-8,11,13H,9-10,12H2,1-2H3,(H,22,28)(H2,23,24,25). The van der Waals surface area contributed by atoms with Crippen LogP contribution in [-0.2, 0) is 16.0 Å². The molecule has 3 aromatic rings. The molecule has 1 aliphatic heterocycles. The quantitative estimate of drug-likeness (QED) is 0.360. The summed E-state index contributed by atoms with van der Waals surface area (Å²) < 4.78 is 14.0. The van der Waals surface area contributed by atoms with E-state index >= 15 is 0 Å². The summed E-state index contributed by atoms with van der Waals surface area (Å²) in [6.07, 6.45) is 5.21. The third-order valence-electron chi connectivity index (χ3n) is 4.35. The van der Waals surface area contributed by atoms with Crippen LogP contribution in [0.3, 0.4) is 0 Å². The fourth-order valence-corrected chi connectivity index (χ4v) is 3.79. The average molecular weight is 442 g/mol. The van der Waals surface area contributed by atoms with Gasteiger partial charge in [0.05, 0.1) is 19.4 Å². The molecule has 0 atom stereocenters. The molecule has 0 fully saturated rings. The molecule has 1 amide bonds. The first-order valence-electron chi connectivity index (χ1n) is 9.61. The third kappa shape index (κ3) is 5.38. The minimum atomic E-state index is -0.507. The number of carbonyl (C=O) groups excluding carboxylic acids is 1. The number of aryl methyl sites for hydroxylation is 1. The van der Waals surface area contributed by atoms with Gasteiger partial charge in [-0.15, -0.1) is 0 Å². The van der Waals surface area contributed by atoms with E-state index in [0.717, 1.165) is 28.1 Å². The molecule has 0 aliphatic carbocycles. The Morgan fingerprint density at radius 1 is 1.29 bits per heavy atom. The van der Waals surface area contributed by atoms with E-state index in [-0.39, 0.29) is 6.61 Å². The van der Waals surface area contributed by atoms with Crippen LogP contribution in [0.5, 0.6) is 0 Å². The predicted molar refractivity (Wildman–Crippen MR) is 118 cm³/mol. The molecule has 0 spiro atoms. The van der Waals surface area contributed by atoms with Gasteiger partial charge in [-0.1, -0.05) is 0 Å². The first-order chi connectivity index (χ1) is 15.1. The van der Waals surface area contributed by atoms with Crippen molar-refractivity contribution in [3.8, 4) is 0 Å². The molecule has 1 aliphatic rings. The monoisotopic (exact) mass is 441 g/mol. The number of benzene rings is 1. The Hall–Kier alpha value is -3.44. The van der Waals surface area contributed by atoms with Gasteiger partial charge in [0.25, 0.3) is 0 Å². The minimum absolute atomic E-state index is 0.210. The number of hydrogen-bond acceptors (Lipinski definition) is 8. The SMILES string of the molecule is COCCOC(=O)Nc1ccc(SN2C=C(Nc3cc(C)[nH]n3)n3ccnc3C2)cc1. The van der Waals surface area contributed by atoms with Crippen molar-refractivity contribution >= 4 is 35.4 Å². The summed E-state index contributed by atoms with van der Waals surface area (Å²) in [6.45, 7) is 3.17. The van der Waals surface area contributed by atoms with Gasteiger partial charge in [-0.3, -0.25) is 15.0 Å². The van der Waals surface area contributed by atoms with Crippen LogP contribution in [-0.4, -0.2) is 50.5 Å². The van der Waals surface area contributed by atoms with Crippen molar-refractivity contribution in [2.75, 3.05) is 31.0 Å². The van der Waals surface area contributed by atoms with E-state index in [1.54, 1.807) is 25.3 Å². The van der Waals surface area contributed by atoms with Crippen LogP contribution < -0.4 is 10.6 Å². The molecule has 4 rings (SSSR count). The number of ether oxygens (including phenoxy) is 2. The summed E-state index contributed by atoms with van der Waals surface area (Å²) in [4.78, 5) is 17.2. The lowest BCUT2D eigenvalue weighted by atomic mass is 10.3. The Balaban J connectivity index is 1.40. The van der Waals surface area contributed by atoms with Crippen LogP contribution in [0.4, 0.5) is 16.3 Å². The third-order valence-corrected chi connectivity index (χ3v) is 5.30. The highest BCUT2D eigenvalue weighted by molar-refractivity contribution is 7.97. The summed E-state index contributed by atoms with van der Waals surface area (Å²) in [5.74, 6) is 2.51. The number of fused-ring (bicyclic) bond motifs is 1. The lowest BCUT2D eigenvalue weighted by molar-refractivity contribution is 0.107. The van der Waals surface area contributed by atoms with Gasteiger partial charge < -0.3 is 19.1 Å². The number of rotatable bonds is 8. The Bertz CT molecular complexity index is 1060. The molecule has 0 radical (unpaired) electrons. The van der Waals surface area contributed by atoms with E-state index in [0.29, 0.717) is 18.8 Å². The fraction of sp³-hybridized carbons (Fsp3) is 0.250. The topological polar surface area (TPSA) is 109 Å². The predicted octanol–water partition coefficient (Wildman–Crippen LogP) is 3.50. The molecule has 10 nitrogen and oxygen atoms in total. The van der Waals surface area contributed by atoms with Crippen LogP contribution in [0.15, 0.2) is 53.8 Å². The number of imidazole rings is 1. The van der Waals surface area contributed by atoms with Gasteiger partial charge in [0.15, 0.2) is 5.82 Å². The Morgan fingerprint density at radius 2 is 2.13 bits per heavy atom. The van der Waals surface area contributed by atoms with Crippen molar-refractivity contribution in [2.45, 2.75) is 18.4 Å².